The Hall–Kier alpha value is -1.19. The maximum absolute atomic E-state index is 14.0. The van der Waals surface area contributed by atoms with Crippen LogP contribution in [0, 0.1) is 0 Å². The van der Waals surface area contributed by atoms with Gasteiger partial charge in [0.1, 0.15) is 6.17 Å². The van der Waals surface area contributed by atoms with Gasteiger partial charge in [-0.25, -0.2) is 13.2 Å². The monoisotopic (exact) mass is 332 g/mol. The summed E-state index contributed by atoms with van der Waals surface area (Å²) < 4.78 is 41.8. The van der Waals surface area contributed by atoms with Gasteiger partial charge in [-0.2, -0.15) is 0 Å². The van der Waals surface area contributed by atoms with Crippen LogP contribution in [-0.4, -0.2) is 5.92 Å². The van der Waals surface area contributed by atoms with E-state index in [4.69, 9.17) is 23.2 Å². The highest BCUT2D eigenvalue weighted by molar-refractivity contribution is 6.30. The molecule has 112 valence electrons. The van der Waals surface area contributed by atoms with Crippen molar-refractivity contribution in [2.75, 3.05) is 0 Å². The molecule has 0 aliphatic heterocycles. The van der Waals surface area contributed by atoms with Gasteiger partial charge in [0.2, 0.25) is 0 Å². The van der Waals surface area contributed by atoms with E-state index in [0.29, 0.717) is 15.6 Å². The minimum absolute atomic E-state index is 0.204. The normalized spacial score (nSPS) is 13.2. The van der Waals surface area contributed by atoms with Crippen LogP contribution in [0.15, 0.2) is 48.5 Å². The average molecular weight is 333 g/mol. The van der Waals surface area contributed by atoms with E-state index in [9.17, 15) is 13.2 Å². The van der Waals surface area contributed by atoms with Crippen LogP contribution in [0.1, 0.15) is 23.7 Å². The quantitative estimate of drug-likeness (QED) is 0.605. The van der Waals surface area contributed by atoms with Gasteiger partial charge in [-0.15, -0.1) is 0 Å². The zero-order valence-electron chi connectivity index (χ0n) is 11.0. The topological polar surface area (TPSA) is 0 Å². The molecule has 0 radical (unpaired) electrons. The molecule has 1 unspecified atom stereocenters. The molecule has 5 heteroatoms. The third-order valence-electron chi connectivity index (χ3n) is 3.09. The van der Waals surface area contributed by atoms with Gasteiger partial charge in [-0.1, -0.05) is 47.5 Å². The van der Waals surface area contributed by atoms with E-state index in [2.05, 4.69) is 0 Å². The number of alkyl halides is 3. The van der Waals surface area contributed by atoms with Crippen molar-refractivity contribution < 1.29 is 13.2 Å². The van der Waals surface area contributed by atoms with E-state index in [1.807, 2.05) is 0 Å². The van der Waals surface area contributed by atoms with E-state index in [-0.39, 0.29) is 5.56 Å². The number of hydrogen-bond acceptors (Lipinski definition) is 0. The Bertz CT molecular complexity index is 579. The van der Waals surface area contributed by atoms with Crippen molar-refractivity contribution in [2.24, 2.45) is 0 Å². The Kier molecular flexibility index (Phi) is 5.17. The average Bonchev–Trinajstić information content (AvgIpc) is 2.41. The van der Waals surface area contributed by atoms with Crippen molar-refractivity contribution in [3.8, 4) is 0 Å². The van der Waals surface area contributed by atoms with E-state index < -0.39 is 24.9 Å². The summed E-state index contributed by atoms with van der Waals surface area (Å²) in [5.41, 5.74) is 0.628. The van der Waals surface area contributed by atoms with Gasteiger partial charge < -0.3 is 0 Å². The zero-order chi connectivity index (χ0) is 15.5. The molecular formula is C16H13Cl2F3. The van der Waals surface area contributed by atoms with Crippen molar-refractivity contribution in [3.05, 3.63) is 69.7 Å². The lowest BCUT2D eigenvalue weighted by Gasteiger charge is -2.19. The molecule has 0 aliphatic rings. The summed E-state index contributed by atoms with van der Waals surface area (Å²) in [6.45, 7) is 0. The zero-order valence-corrected chi connectivity index (χ0v) is 12.5. The maximum Gasteiger partial charge on any atom is 0.255 e. The van der Waals surface area contributed by atoms with Gasteiger partial charge >= 0.3 is 0 Å². The van der Waals surface area contributed by atoms with Crippen molar-refractivity contribution >= 4 is 23.2 Å². The summed E-state index contributed by atoms with van der Waals surface area (Å²) in [5, 5.41) is 0.922. The van der Waals surface area contributed by atoms with E-state index in [1.54, 1.807) is 12.1 Å². The van der Waals surface area contributed by atoms with Crippen LogP contribution in [0.25, 0.3) is 0 Å². The second-order valence-electron chi connectivity index (χ2n) is 4.88. The third-order valence-corrected chi connectivity index (χ3v) is 3.59. The van der Waals surface area contributed by atoms with Crippen LogP contribution in [-0.2, 0) is 6.42 Å². The Morgan fingerprint density at radius 1 is 0.857 bits per heavy atom. The molecule has 0 saturated heterocycles. The van der Waals surface area contributed by atoms with Crippen LogP contribution in [0.4, 0.5) is 13.2 Å². The highest BCUT2D eigenvalue weighted by atomic mass is 35.5. The first-order valence-corrected chi connectivity index (χ1v) is 7.13. The molecule has 2 aromatic carbocycles. The molecule has 2 aromatic rings. The molecule has 21 heavy (non-hydrogen) atoms. The van der Waals surface area contributed by atoms with Gasteiger partial charge in [0.15, 0.2) is 0 Å². The maximum atomic E-state index is 14.0. The third kappa shape index (κ3) is 4.94. The first kappa shape index (κ1) is 16.2. The van der Waals surface area contributed by atoms with E-state index in [1.165, 1.54) is 36.4 Å². The molecule has 2 rings (SSSR count). The highest BCUT2D eigenvalue weighted by Gasteiger charge is 2.33. The molecule has 0 saturated carbocycles. The van der Waals surface area contributed by atoms with Crippen molar-refractivity contribution in [2.45, 2.75) is 24.9 Å². The van der Waals surface area contributed by atoms with Gasteiger partial charge in [-0.05, 0) is 35.4 Å². The van der Waals surface area contributed by atoms with Crippen molar-refractivity contribution in [1.29, 1.82) is 0 Å². The second-order valence-corrected chi connectivity index (χ2v) is 5.76. The number of benzene rings is 2. The summed E-state index contributed by atoms with van der Waals surface area (Å²) in [6, 6.07) is 11.9. The van der Waals surface area contributed by atoms with E-state index in [0.717, 1.165) is 0 Å². The Labute approximate surface area is 131 Å². The Morgan fingerprint density at radius 3 is 1.86 bits per heavy atom. The molecule has 0 amide bonds. The molecule has 0 aliphatic carbocycles. The molecular weight excluding hydrogens is 320 g/mol. The number of rotatable bonds is 5. The summed E-state index contributed by atoms with van der Waals surface area (Å²) in [7, 11) is 0. The SMILES string of the molecule is FC(CC(F)(F)Cc1ccc(Cl)cc1)c1ccc(Cl)cc1. The lowest BCUT2D eigenvalue weighted by Crippen LogP contribution is -2.21. The molecule has 0 spiro atoms. The van der Waals surface area contributed by atoms with Crippen LogP contribution >= 0.6 is 23.2 Å². The van der Waals surface area contributed by atoms with Crippen molar-refractivity contribution in [1.82, 2.24) is 0 Å². The summed E-state index contributed by atoms with van der Waals surface area (Å²) in [6.07, 6.45) is -3.11. The smallest absolute Gasteiger partial charge is 0.242 e. The second kappa shape index (κ2) is 6.71. The predicted octanol–water partition coefficient (Wildman–Crippen LogP) is 6.27. The lowest BCUT2D eigenvalue weighted by molar-refractivity contribution is -0.0281. The minimum Gasteiger partial charge on any atom is -0.242 e. The number of halogens is 5. The summed E-state index contributed by atoms with van der Waals surface area (Å²) >= 11 is 11.4. The standard InChI is InChI=1S/C16H13Cl2F3/c17-13-5-1-11(2-6-13)9-16(20,21)10-15(19)12-3-7-14(18)8-4-12/h1-8,15H,9-10H2. The lowest BCUT2D eigenvalue weighted by atomic mass is 9.99. The highest BCUT2D eigenvalue weighted by Crippen LogP contribution is 2.34. The van der Waals surface area contributed by atoms with Crippen molar-refractivity contribution in [3.63, 3.8) is 0 Å². The largest absolute Gasteiger partial charge is 0.255 e. The van der Waals surface area contributed by atoms with E-state index >= 15 is 0 Å². The Morgan fingerprint density at radius 2 is 1.33 bits per heavy atom. The fourth-order valence-corrected chi connectivity index (χ4v) is 2.28. The van der Waals surface area contributed by atoms with Crippen LogP contribution in [0.2, 0.25) is 10.0 Å². The first-order chi connectivity index (χ1) is 9.85. The van der Waals surface area contributed by atoms with Crippen LogP contribution in [0.5, 0.6) is 0 Å². The van der Waals surface area contributed by atoms with Crippen LogP contribution in [0.3, 0.4) is 0 Å². The molecule has 0 aromatic heterocycles. The van der Waals surface area contributed by atoms with Gasteiger partial charge in [0.05, 0.1) is 0 Å². The number of hydrogen-bond donors (Lipinski definition) is 0. The molecule has 0 bridgehead atoms. The molecule has 0 fully saturated rings. The first-order valence-electron chi connectivity index (χ1n) is 6.37. The fraction of sp³-hybridized carbons (Fsp3) is 0.250. The predicted molar refractivity (Wildman–Crippen MR) is 80.0 cm³/mol. The van der Waals surface area contributed by atoms with Crippen LogP contribution < -0.4 is 0 Å². The Balaban J connectivity index is 2.02. The molecule has 1 atom stereocenters. The fourth-order valence-electron chi connectivity index (χ4n) is 2.02. The van der Waals surface area contributed by atoms with Gasteiger partial charge in [0, 0.05) is 22.9 Å². The minimum atomic E-state index is -3.13. The molecule has 0 nitrogen and oxygen atoms in total. The van der Waals surface area contributed by atoms with Gasteiger partial charge in [-0.3, -0.25) is 0 Å². The molecule has 0 heterocycles. The summed E-state index contributed by atoms with van der Waals surface area (Å²) in [5.74, 6) is -3.13. The summed E-state index contributed by atoms with van der Waals surface area (Å²) in [4.78, 5) is 0. The van der Waals surface area contributed by atoms with Gasteiger partial charge in [0.25, 0.3) is 5.92 Å². The molecule has 0 N–H and O–H groups in total.